The highest BCUT2D eigenvalue weighted by molar-refractivity contribution is 5.98. The van der Waals surface area contributed by atoms with Gasteiger partial charge in [-0.05, 0) is 12.0 Å². The lowest BCUT2D eigenvalue weighted by molar-refractivity contribution is -0.118. The van der Waals surface area contributed by atoms with E-state index in [1.807, 2.05) is 6.08 Å². The third-order valence-electron chi connectivity index (χ3n) is 2.96. The molecule has 0 aliphatic heterocycles. The summed E-state index contributed by atoms with van der Waals surface area (Å²) < 4.78 is 0. The van der Waals surface area contributed by atoms with E-state index in [9.17, 15) is 4.79 Å². The number of fused-ring (bicyclic) bond motifs is 1. The van der Waals surface area contributed by atoms with Gasteiger partial charge in [0.2, 0.25) is 0 Å². The number of carbonyl (C=O) groups is 1. The summed E-state index contributed by atoms with van der Waals surface area (Å²) in [6.45, 7) is 4.33. The van der Waals surface area contributed by atoms with Crippen molar-refractivity contribution in [3.8, 4) is 0 Å². The van der Waals surface area contributed by atoms with Gasteiger partial charge < -0.3 is 0 Å². The Hall–Kier alpha value is -0.850. The fraction of sp³-hybridized carbons (Fsp3) is 0.500. The standard InChI is InChI=1S/C10H12O/c1-7(2)10-5-3-8(10)9(11)4-6-10/h3-8H,1-2H3. The molecule has 0 spiro atoms. The average Bonchev–Trinajstić information content (AvgIpc) is 2.04. The number of hydrogen-bond acceptors (Lipinski definition) is 1. The Kier molecular flexibility index (Phi) is 1.15. The topological polar surface area (TPSA) is 17.1 Å². The van der Waals surface area contributed by atoms with Crippen LogP contribution < -0.4 is 0 Å². The van der Waals surface area contributed by atoms with E-state index in [-0.39, 0.29) is 17.1 Å². The first-order chi connectivity index (χ1) is 5.17. The molecule has 2 aliphatic carbocycles. The van der Waals surface area contributed by atoms with Crippen LogP contribution in [0.5, 0.6) is 0 Å². The molecule has 1 nitrogen and oxygen atoms in total. The molecular formula is C10H12O. The number of carbonyl (C=O) groups excluding carboxylic acids is 1. The zero-order valence-corrected chi connectivity index (χ0v) is 6.87. The summed E-state index contributed by atoms with van der Waals surface area (Å²) in [6, 6.07) is 0. The average molecular weight is 148 g/mol. The smallest absolute Gasteiger partial charge is 0.163 e. The monoisotopic (exact) mass is 148 g/mol. The highest BCUT2D eigenvalue weighted by atomic mass is 16.1. The molecule has 0 aromatic heterocycles. The van der Waals surface area contributed by atoms with Crippen LogP contribution in [0.2, 0.25) is 0 Å². The van der Waals surface area contributed by atoms with Gasteiger partial charge in [0, 0.05) is 5.41 Å². The maximum Gasteiger partial charge on any atom is 0.163 e. The van der Waals surface area contributed by atoms with Crippen molar-refractivity contribution < 1.29 is 4.79 Å². The molecule has 0 radical (unpaired) electrons. The van der Waals surface area contributed by atoms with Gasteiger partial charge in [-0.15, -0.1) is 0 Å². The minimum absolute atomic E-state index is 0.0943. The molecule has 0 saturated carbocycles. The van der Waals surface area contributed by atoms with E-state index in [4.69, 9.17) is 0 Å². The Morgan fingerprint density at radius 3 is 2.45 bits per heavy atom. The van der Waals surface area contributed by atoms with Crippen molar-refractivity contribution >= 4 is 5.78 Å². The van der Waals surface area contributed by atoms with Crippen molar-refractivity contribution in [3.05, 3.63) is 24.3 Å². The molecule has 0 amide bonds. The van der Waals surface area contributed by atoms with Crippen LogP contribution >= 0.6 is 0 Å². The van der Waals surface area contributed by atoms with Crippen molar-refractivity contribution in [2.24, 2.45) is 17.3 Å². The molecule has 0 N–H and O–H groups in total. The zero-order valence-electron chi connectivity index (χ0n) is 6.87. The molecule has 11 heavy (non-hydrogen) atoms. The minimum atomic E-state index is 0.0943. The van der Waals surface area contributed by atoms with Gasteiger partial charge in [-0.3, -0.25) is 4.79 Å². The second-order valence-corrected chi connectivity index (χ2v) is 3.73. The third kappa shape index (κ3) is 0.635. The molecule has 0 aromatic rings. The van der Waals surface area contributed by atoms with E-state index >= 15 is 0 Å². The Labute approximate surface area is 66.8 Å². The van der Waals surface area contributed by atoms with Crippen LogP contribution in [0.25, 0.3) is 0 Å². The molecule has 2 atom stereocenters. The van der Waals surface area contributed by atoms with Crippen LogP contribution in [0.1, 0.15) is 13.8 Å². The fourth-order valence-electron chi connectivity index (χ4n) is 1.99. The number of rotatable bonds is 1. The first kappa shape index (κ1) is 6.84. The lowest BCUT2D eigenvalue weighted by Gasteiger charge is -2.39. The first-order valence-corrected chi connectivity index (χ1v) is 4.09. The largest absolute Gasteiger partial charge is 0.294 e. The maximum atomic E-state index is 11.2. The summed E-state index contributed by atoms with van der Waals surface area (Å²) in [4.78, 5) is 11.2. The van der Waals surface area contributed by atoms with Crippen molar-refractivity contribution in [3.63, 3.8) is 0 Å². The molecule has 0 heterocycles. The van der Waals surface area contributed by atoms with Gasteiger partial charge in [-0.25, -0.2) is 0 Å². The molecule has 2 unspecified atom stereocenters. The van der Waals surface area contributed by atoms with Crippen molar-refractivity contribution in [2.45, 2.75) is 13.8 Å². The van der Waals surface area contributed by atoms with Crippen molar-refractivity contribution in [2.75, 3.05) is 0 Å². The summed E-state index contributed by atoms with van der Waals surface area (Å²) in [7, 11) is 0. The molecular weight excluding hydrogens is 136 g/mol. The second-order valence-electron chi connectivity index (χ2n) is 3.73. The van der Waals surface area contributed by atoms with Gasteiger partial charge in [0.15, 0.2) is 5.78 Å². The van der Waals surface area contributed by atoms with E-state index in [1.54, 1.807) is 6.08 Å². The first-order valence-electron chi connectivity index (χ1n) is 4.09. The molecule has 1 heteroatoms. The van der Waals surface area contributed by atoms with Crippen LogP contribution in [-0.2, 0) is 4.79 Å². The van der Waals surface area contributed by atoms with Gasteiger partial charge in [-0.2, -0.15) is 0 Å². The van der Waals surface area contributed by atoms with E-state index < -0.39 is 0 Å². The van der Waals surface area contributed by atoms with Crippen LogP contribution in [0.3, 0.4) is 0 Å². The number of ketones is 1. The molecule has 0 fully saturated rings. The van der Waals surface area contributed by atoms with Gasteiger partial charge in [0.25, 0.3) is 0 Å². The Bertz CT molecular complexity index is 260. The number of allylic oxidation sites excluding steroid dienone is 4. The predicted octanol–water partition coefficient (Wildman–Crippen LogP) is 1.95. The normalized spacial score (nSPS) is 39.5. The van der Waals surface area contributed by atoms with Crippen molar-refractivity contribution in [1.82, 2.24) is 0 Å². The Morgan fingerprint density at radius 1 is 1.45 bits per heavy atom. The highest BCUT2D eigenvalue weighted by Gasteiger charge is 2.48. The van der Waals surface area contributed by atoms with Gasteiger partial charge in [0.05, 0.1) is 5.92 Å². The van der Waals surface area contributed by atoms with Gasteiger partial charge >= 0.3 is 0 Å². The lowest BCUT2D eigenvalue weighted by atomic mass is 9.63. The Balaban J connectivity index is 2.38. The van der Waals surface area contributed by atoms with Crippen LogP contribution in [-0.4, -0.2) is 5.78 Å². The van der Waals surface area contributed by atoms with Gasteiger partial charge in [0.1, 0.15) is 0 Å². The summed E-state index contributed by atoms with van der Waals surface area (Å²) >= 11 is 0. The fourth-order valence-corrected chi connectivity index (χ4v) is 1.99. The molecule has 0 bridgehead atoms. The summed E-state index contributed by atoms with van der Waals surface area (Å²) in [5.41, 5.74) is 0.0943. The van der Waals surface area contributed by atoms with Crippen molar-refractivity contribution in [1.29, 1.82) is 0 Å². The zero-order chi connectivity index (χ0) is 8.06. The van der Waals surface area contributed by atoms with Crippen LogP contribution in [0.15, 0.2) is 24.3 Å². The minimum Gasteiger partial charge on any atom is -0.294 e. The SMILES string of the molecule is CC(C)C12C=CC(=O)C1C=C2. The second kappa shape index (κ2) is 1.84. The predicted molar refractivity (Wildman–Crippen MR) is 44.0 cm³/mol. The molecule has 58 valence electrons. The molecule has 2 aliphatic rings. The quantitative estimate of drug-likeness (QED) is 0.519. The number of hydrogen-bond donors (Lipinski definition) is 0. The van der Waals surface area contributed by atoms with Gasteiger partial charge in [-0.1, -0.05) is 32.1 Å². The molecule has 0 saturated heterocycles. The summed E-state index contributed by atoms with van der Waals surface area (Å²) in [5.74, 6) is 0.990. The third-order valence-corrected chi connectivity index (χ3v) is 2.96. The van der Waals surface area contributed by atoms with E-state index in [2.05, 4.69) is 26.0 Å². The molecule has 2 rings (SSSR count). The lowest BCUT2D eigenvalue weighted by Crippen LogP contribution is -2.37. The molecule has 0 aromatic carbocycles. The summed E-state index contributed by atoms with van der Waals surface area (Å²) in [6.07, 6.45) is 7.96. The van der Waals surface area contributed by atoms with Crippen LogP contribution in [0, 0.1) is 17.3 Å². The van der Waals surface area contributed by atoms with Crippen LogP contribution in [0.4, 0.5) is 0 Å². The maximum absolute atomic E-state index is 11.2. The highest BCUT2D eigenvalue weighted by Crippen LogP contribution is 2.50. The summed E-state index contributed by atoms with van der Waals surface area (Å²) in [5, 5.41) is 0. The van der Waals surface area contributed by atoms with E-state index in [0.29, 0.717) is 5.92 Å². The van der Waals surface area contributed by atoms with E-state index in [1.165, 1.54) is 0 Å². The Morgan fingerprint density at radius 2 is 2.18 bits per heavy atom. The van der Waals surface area contributed by atoms with E-state index in [0.717, 1.165) is 0 Å².